The van der Waals surface area contributed by atoms with E-state index >= 15 is 0 Å². The third kappa shape index (κ3) is 3.48. The number of hydrogen-bond donors (Lipinski definition) is 0. The minimum Gasteiger partial charge on any atom is -0.370 e. The molecule has 1 unspecified atom stereocenters. The van der Waals surface area contributed by atoms with Gasteiger partial charge in [-0.1, -0.05) is 12.1 Å². The Morgan fingerprint density at radius 1 is 1.00 bits per heavy atom. The van der Waals surface area contributed by atoms with Crippen LogP contribution in [0.4, 0.5) is 8.78 Å². The highest BCUT2D eigenvalue weighted by Crippen LogP contribution is 2.40. The summed E-state index contributed by atoms with van der Waals surface area (Å²) < 4.78 is 32.0. The van der Waals surface area contributed by atoms with Crippen molar-refractivity contribution in [1.29, 1.82) is 0 Å². The molecule has 0 aromatic heterocycles. The number of ether oxygens (including phenoxy) is 1. The molecule has 0 saturated carbocycles. The molecule has 2 aromatic carbocycles. The number of hydrogen-bond acceptors (Lipinski definition) is 2. The van der Waals surface area contributed by atoms with E-state index in [2.05, 4.69) is 0 Å². The molecule has 120 valence electrons. The van der Waals surface area contributed by atoms with E-state index in [0.717, 1.165) is 18.4 Å². The molecule has 1 aliphatic rings. The average Bonchev–Trinajstić information content (AvgIpc) is 3.04. The second-order valence-electron chi connectivity index (χ2n) is 5.88. The largest absolute Gasteiger partial charge is 0.370 e. The number of rotatable bonds is 5. The molecule has 1 fully saturated rings. The first-order chi connectivity index (χ1) is 11.1. The Morgan fingerprint density at radius 2 is 1.61 bits per heavy atom. The van der Waals surface area contributed by atoms with Gasteiger partial charge in [0.15, 0.2) is 5.78 Å². The third-order valence-corrected chi connectivity index (χ3v) is 4.40. The smallest absolute Gasteiger partial charge is 0.162 e. The van der Waals surface area contributed by atoms with Gasteiger partial charge >= 0.3 is 0 Å². The van der Waals surface area contributed by atoms with Gasteiger partial charge in [-0.15, -0.1) is 0 Å². The Labute approximate surface area is 134 Å². The van der Waals surface area contributed by atoms with Crippen LogP contribution in [-0.2, 0) is 10.3 Å². The van der Waals surface area contributed by atoms with Crippen LogP contribution in [0.15, 0.2) is 48.5 Å². The van der Waals surface area contributed by atoms with Crippen LogP contribution >= 0.6 is 0 Å². The van der Waals surface area contributed by atoms with Crippen LogP contribution in [0.25, 0.3) is 0 Å². The van der Waals surface area contributed by atoms with Gasteiger partial charge in [-0.3, -0.25) is 4.79 Å². The van der Waals surface area contributed by atoms with E-state index in [-0.39, 0.29) is 17.4 Å². The third-order valence-electron chi connectivity index (χ3n) is 4.40. The van der Waals surface area contributed by atoms with Crippen LogP contribution < -0.4 is 0 Å². The highest BCUT2D eigenvalue weighted by atomic mass is 19.1. The molecule has 23 heavy (non-hydrogen) atoms. The lowest BCUT2D eigenvalue weighted by atomic mass is 9.85. The van der Waals surface area contributed by atoms with Crippen molar-refractivity contribution in [3.8, 4) is 0 Å². The maximum atomic E-state index is 13.1. The van der Waals surface area contributed by atoms with E-state index in [0.29, 0.717) is 25.0 Å². The summed E-state index contributed by atoms with van der Waals surface area (Å²) in [6, 6.07) is 11.9. The standard InChI is InChI=1S/C19H18F2O2/c20-16-6-2-14(3-7-16)18(22)10-12-19(11-1-13-23-19)15-4-8-17(21)9-5-15/h2-9H,1,10-13H2. The highest BCUT2D eigenvalue weighted by Gasteiger charge is 2.37. The molecule has 0 aliphatic carbocycles. The summed E-state index contributed by atoms with van der Waals surface area (Å²) in [5.74, 6) is -0.685. The first-order valence-electron chi connectivity index (χ1n) is 7.78. The fourth-order valence-corrected chi connectivity index (χ4v) is 3.12. The van der Waals surface area contributed by atoms with Crippen LogP contribution in [0, 0.1) is 11.6 Å². The molecule has 1 saturated heterocycles. The molecule has 4 heteroatoms. The van der Waals surface area contributed by atoms with Crippen molar-refractivity contribution in [3.63, 3.8) is 0 Å². The molecular weight excluding hydrogens is 298 g/mol. The average molecular weight is 316 g/mol. The second kappa shape index (κ2) is 6.59. The number of Topliss-reactive ketones (excluding diaryl/α,β-unsaturated/α-hetero) is 1. The monoisotopic (exact) mass is 316 g/mol. The normalized spacial score (nSPS) is 20.6. The van der Waals surface area contributed by atoms with Crippen LogP contribution in [0.1, 0.15) is 41.6 Å². The van der Waals surface area contributed by atoms with Gasteiger partial charge in [0.2, 0.25) is 0 Å². The summed E-state index contributed by atoms with van der Waals surface area (Å²) in [7, 11) is 0. The Hall–Kier alpha value is -2.07. The summed E-state index contributed by atoms with van der Waals surface area (Å²) in [6.07, 6.45) is 2.58. The number of carbonyl (C=O) groups is 1. The first kappa shape index (κ1) is 15.8. The van der Waals surface area contributed by atoms with Crippen molar-refractivity contribution in [2.24, 2.45) is 0 Å². The molecule has 1 atom stereocenters. The zero-order valence-electron chi connectivity index (χ0n) is 12.7. The van der Waals surface area contributed by atoms with Gasteiger partial charge in [0.05, 0.1) is 5.60 Å². The summed E-state index contributed by atoms with van der Waals surface area (Å²) in [4.78, 5) is 12.3. The van der Waals surface area contributed by atoms with Gasteiger partial charge in [-0.25, -0.2) is 8.78 Å². The second-order valence-corrected chi connectivity index (χ2v) is 5.88. The van der Waals surface area contributed by atoms with Gasteiger partial charge in [0.1, 0.15) is 11.6 Å². The Bertz CT molecular complexity index is 672. The van der Waals surface area contributed by atoms with Crippen LogP contribution in [0.3, 0.4) is 0 Å². The number of benzene rings is 2. The van der Waals surface area contributed by atoms with Gasteiger partial charge in [0.25, 0.3) is 0 Å². The molecule has 0 bridgehead atoms. The van der Waals surface area contributed by atoms with E-state index < -0.39 is 5.60 Å². The Balaban J connectivity index is 1.74. The van der Waals surface area contributed by atoms with Crippen molar-refractivity contribution in [2.75, 3.05) is 6.61 Å². The minimum absolute atomic E-state index is 0.0398. The summed E-state index contributed by atoms with van der Waals surface area (Å²) in [6.45, 7) is 0.641. The molecule has 2 nitrogen and oxygen atoms in total. The quantitative estimate of drug-likeness (QED) is 0.752. The number of carbonyl (C=O) groups excluding carboxylic acids is 1. The lowest BCUT2D eigenvalue weighted by Crippen LogP contribution is -2.26. The molecule has 2 aromatic rings. The van der Waals surface area contributed by atoms with E-state index in [1.165, 1.54) is 36.4 Å². The molecule has 0 spiro atoms. The predicted molar refractivity (Wildman–Crippen MR) is 83.2 cm³/mol. The van der Waals surface area contributed by atoms with Crippen molar-refractivity contribution < 1.29 is 18.3 Å². The highest BCUT2D eigenvalue weighted by molar-refractivity contribution is 5.96. The molecule has 0 amide bonds. The van der Waals surface area contributed by atoms with Gasteiger partial charge < -0.3 is 4.74 Å². The summed E-state index contributed by atoms with van der Waals surface area (Å²) in [5.41, 5.74) is 0.880. The van der Waals surface area contributed by atoms with E-state index in [1.807, 2.05) is 0 Å². The van der Waals surface area contributed by atoms with Crippen molar-refractivity contribution in [3.05, 3.63) is 71.3 Å². The first-order valence-corrected chi connectivity index (χ1v) is 7.78. The van der Waals surface area contributed by atoms with E-state index in [9.17, 15) is 13.6 Å². The molecule has 3 rings (SSSR count). The van der Waals surface area contributed by atoms with Crippen LogP contribution in [-0.4, -0.2) is 12.4 Å². The fraction of sp³-hybridized carbons (Fsp3) is 0.316. The van der Waals surface area contributed by atoms with Crippen molar-refractivity contribution in [1.82, 2.24) is 0 Å². The van der Waals surface area contributed by atoms with Gasteiger partial charge in [0, 0.05) is 18.6 Å². The maximum absolute atomic E-state index is 13.1. The Kier molecular flexibility index (Phi) is 4.53. The molecule has 1 heterocycles. The topological polar surface area (TPSA) is 26.3 Å². The summed E-state index contributed by atoms with van der Waals surface area (Å²) in [5, 5.41) is 0. The molecule has 0 radical (unpaired) electrons. The summed E-state index contributed by atoms with van der Waals surface area (Å²) >= 11 is 0. The van der Waals surface area contributed by atoms with Gasteiger partial charge in [-0.2, -0.15) is 0 Å². The lowest BCUT2D eigenvalue weighted by molar-refractivity contribution is -0.00787. The molecule has 0 N–H and O–H groups in total. The minimum atomic E-state index is -0.524. The zero-order chi connectivity index (χ0) is 16.3. The predicted octanol–water partition coefficient (Wildman–Crippen LogP) is 4.63. The van der Waals surface area contributed by atoms with Crippen molar-refractivity contribution in [2.45, 2.75) is 31.3 Å². The lowest BCUT2D eigenvalue weighted by Gasteiger charge is -2.29. The fourth-order valence-electron chi connectivity index (χ4n) is 3.12. The SMILES string of the molecule is O=C(CCC1(c2ccc(F)cc2)CCCO1)c1ccc(F)cc1. The molecular formula is C19H18F2O2. The number of ketones is 1. The van der Waals surface area contributed by atoms with Crippen LogP contribution in [0.2, 0.25) is 0 Å². The number of halogens is 2. The molecule has 1 aliphatic heterocycles. The maximum Gasteiger partial charge on any atom is 0.162 e. The van der Waals surface area contributed by atoms with E-state index in [1.54, 1.807) is 12.1 Å². The van der Waals surface area contributed by atoms with E-state index in [4.69, 9.17) is 4.74 Å². The van der Waals surface area contributed by atoms with Gasteiger partial charge in [-0.05, 0) is 61.2 Å². The Morgan fingerprint density at radius 3 is 2.17 bits per heavy atom. The zero-order valence-corrected chi connectivity index (χ0v) is 12.7. The van der Waals surface area contributed by atoms with Crippen LogP contribution in [0.5, 0.6) is 0 Å². The van der Waals surface area contributed by atoms with Crippen molar-refractivity contribution >= 4 is 5.78 Å².